The van der Waals surface area contributed by atoms with E-state index in [1.807, 2.05) is 35.2 Å². The third kappa shape index (κ3) is 3.49. The first-order chi connectivity index (χ1) is 14.2. The molecule has 7 heteroatoms. The summed E-state index contributed by atoms with van der Waals surface area (Å²) in [5.74, 6) is -0.178. The fraction of sp³-hybridized carbons (Fsp3) is 0.182. The highest BCUT2D eigenvalue weighted by molar-refractivity contribution is 7.99. The van der Waals surface area contributed by atoms with Gasteiger partial charge < -0.3 is 10.2 Å². The molecule has 3 aromatic rings. The van der Waals surface area contributed by atoms with E-state index in [4.69, 9.17) is 0 Å². The zero-order chi connectivity index (χ0) is 19.8. The third-order valence-electron chi connectivity index (χ3n) is 5.00. The molecule has 0 unspecified atom stereocenters. The van der Waals surface area contributed by atoms with Crippen molar-refractivity contribution < 1.29 is 9.59 Å². The zero-order valence-electron chi connectivity index (χ0n) is 15.5. The molecule has 1 saturated carbocycles. The van der Waals surface area contributed by atoms with Gasteiger partial charge in [-0.1, -0.05) is 17.8 Å². The van der Waals surface area contributed by atoms with Crippen LogP contribution >= 0.6 is 11.8 Å². The molecule has 2 aliphatic rings. The first-order valence-electron chi connectivity index (χ1n) is 9.48. The van der Waals surface area contributed by atoms with Gasteiger partial charge in [-0.05, 0) is 54.8 Å². The van der Waals surface area contributed by atoms with Crippen LogP contribution in [0.2, 0.25) is 0 Å². The van der Waals surface area contributed by atoms with Crippen molar-refractivity contribution in [3.8, 4) is 0 Å². The normalized spacial score (nSPS) is 15.3. The smallest absolute Gasteiger partial charge is 0.261 e. The number of aromatic nitrogens is 2. The molecule has 0 saturated heterocycles. The van der Waals surface area contributed by atoms with Crippen molar-refractivity contribution in [1.82, 2.24) is 15.3 Å². The lowest BCUT2D eigenvalue weighted by Gasteiger charge is -2.22. The van der Waals surface area contributed by atoms with Crippen LogP contribution < -0.4 is 10.2 Å². The van der Waals surface area contributed by atoms with E-state index in [9.17, 15) is 9.59 Å². The topological polar surface area (TPSA) is 75.2 Å². The molecular weight excluding hydrogens is 384 g/mol. The summed E-state index contributed by atoms with van der Waals surface area (Å²) >= 11 is 1.44. The van der Waals surface area contributed by atoms with E-state index in [2.05, 4.69) is 15.3 Å². The molecule has 0 radical (unpaired) electrons. The number of rotatable bonds is 4. The third-order valence-corrected chi connectivity index (χ3v) is 6.06. The maximum atomic E-state index is 13.1. The summed E-state index contributed by atoms with van der Waals surface area (Å²) in [6.07, 6.45) is 7.12. The minimum Gasteiger partial charge on any atom is -0.348 e. The van der Waals surface area contributed by atoms with Gasteiger partial charge in [0.15, 0.2) is 0 Å². The SMILES string of the molecule is O=C(NCc1cccnc1)c1ccc2c(c1)Sc1ncccc1C(=O)N2C1CC1. The van der Waals surface area contributed by atoms with Crippen LogP contribution in [0.1, 0.15) is 39.1 Å². The largest absolute Gasteiger partial charge is 0.348 e. The lowest BCUT2D eigenvalue weighted by Crippen LogP contribution is -2.33. The number of benzene rings is 1. The van der Waals surface area contributed by atoms with Crippen LogP contribution in [0, 0.1) is 0 Å². The Bertz CT molecular complexity index is 1100. The van der Waals surface area contributed by atoms with Gasteiger partial charge in [-0.15, -0.1) is 0 Å². The highest BCUT2D eigenvalue weighted by Gasteiger charge is 2.38. The molecule has 1 aromatic carbocycles. The molecule has 144 valence electrons. The van der Waals surface area contributed by atoms with Crippen LogP contribution in [-0.2, 0) is 6.54 Å². The van der Waals surface area contributed by atoms with E-state index in [1.165, 1.54) is 11.8 Å². The molecule has 0 spiro atoms. The number of carbonyl (C=O) groups excluding carboxylic acids is 2. The van der Waals surface area contributed by atoms with Gasteiger partial charge in [-0.3, -0.25) is 14.6 Å². The number of nitrogens with zero attached hydrogens (tertiary/aromatic N) is 3. The summed E-state index contributed by atoms with van der Waals surface area (Å²) in [5, 5.41) is 3.60. The summed E-state index contributed by atoms with van der Waals surface area (Å²) in [7, 11) is 0. The van der Waals surface area contributed by atoms with Gasteiger partial charge in [-0.2, -0.15) is 0 Å². The number of hydrogen-bond acceptors (Lipinski definition) is 5. The molecule has 2 amide bonds. The van der Waals surface area contributed by atoms with Crippen molar-refractivity contribution in [2.24, 2.45) is 0 Å². The van der Waals surface area contributed by atoms with Crippen molar-refractivity contribution in [1.29, 1.82) is 0 Å². The molecule has 2 aromatic heterocycles. The van der Waals surface area contributed by atoms with Gasteiger partial charge in [0, 0.05) is 41.6 Å². The second-order valence-corrected chi connectivity index (χ2v) is 8.12. The minimum absolute atomic E-state index is 0.0179. The number of pyridine rings is 2. The van der Waals surface area contributed by atoms with Crippen LogP contribution in [0.4, 0.5) is 5.69 Å². The quantitative estimate of drug-likeness (QED) is 0.721. The standard InChI is InChI=1S/C22H18N4O2S/c27-20(25-13-14-3-1-9-23-12-14)15-5-8-18-19(11-15)29-21-17(4-2-10-24-21)22(28)26(18)16-6-7-16/h1-5,8-12,16H,6-7,13H2,(H,25,27). The Balaban J connectivity index is 1.46. The molecule has 0 atom stereocenters. The molecule has 5 rings (SSSR count). The van der Waals surface area contributed by atoms with E-state index < -0.39 is 0 Å². The fourth-order valence-corrected chi connectivity index (χ4v) is 4.44. The van der Waals surface area contributed by atoms with E-state index in [-0.39, 0.29) is 17.9 Å². The maximum Gasteiger partial charge on any atom is 0.261 e. The first kappa shape index (κ1) is 17.9. The Morgan fingerprint density at radius 1 is 1.17 bits per heavy atom. The van der Waals surface area contributed by atoms with Crippen molar-refractivity contribution in [2.45, 2.75) is 35.3 Å². The highest BCUT2D eigenvalue weighted by atomic mass is 32.2. The molecule has 1 aliphatic heterocycles. The van der Waals surface area contributed by atoms with Gasteiger partial charge in [0.1, 0.15) is 5.03 Å². The van der Waals surface area contributed by atoms with E-state index in [0.717, 1.165) is 29.0 Å². The van der Waals surface area contributed by atoms with E-state index in [1.54, 1.807) is 30.7 Å². The average Bonchev–Trinajstić information content (AvgIpc) is 3.59. The van der Waals surface area contributed by atoms with Gasteiger partial charge in [0.2, 0.25) is 0 Å². The number of carbonyl (C=O) groups is 2. The predicted molar refractivity (Wildman–Crippen MR) is 110 cm³/mol. The summed E-state index contributed by atoms with van der Waals surface area (Å²) in [5.41, 5.74) is 2.96. The molecular formula is C22H18N4O2S. The van der Waals surface area contributed by atoms with Crippen molar-refractivity contribution in [3.05, 3.63) is 77.7 Å². The minimum atomic E-state index is -0.160. The van der Waals surface area contributed by atoms with Crippen LogP contribution in [0.25, 0.3) is 0 Å². The molecule has 0 bridgehead atoms. The zero-order valence-corrected chi connectivity index (χ0v) is 16.4. The number of anilines is 1. The Hall–Kier alpha value is -3.19. The Morgan fingerprint density at radius 2 is 2.03 bits per heavy atom. The molecule has 6 nitrogen and oxygen atoms in total. The van der Waals surface area contributed by atoms with Gasteiger partial charge in [0.05, 0.1) is 11.3 Å². The summed E-state index contributed by atoms with van der Waals surface area (Å²) < 4.78 is 0. The van der Waals surface area contributed by atoms with Crippen LogP contribution in [0.15, 0.2) is 71.0 Å². The Kier molecular flexibility index (Phi) is 4.52. The second kappa shape index (κ2) is 7.33. The predicted octanol–water partition coefficient (Wildman–Crippen LogP) is 3.68. The first-order valence-corrected chi connectivity index (χ1v) is 10.3. The second-order valence-electron chi connectivity index (χ2n) is 7.09. The molecule has 1 N–H and O–H groups in total. The molecule has 1 fully saturated rings. The van der Waals surface area contributed by atoms with Crippen LogP contribution in [0.5, 0.6) is 0 Å². The van der Waals surface area contributed by atoms with Crippen LogP contribution in [-0.4, -0.2) is 27.8 Å². The van der Waals surface area contributed by atoms with E-state index in [0.29, 0.717) is 22.7 Å². The molecule has 1 aliphatic carbocycles. The van der Waals surface area contributed by atoms with Crippen molar-refractivity contribution in [3.63, 3.8) is 0 Å². The van der Waals surface area contributed by atoms with Gasteiger partial charge in [-0.25, -0.2) is 4.98 Å². The Labute approximate surface area is 172 Å². The Morgan fingerprint density at radius 3 is 2.83 bits per heavy atom. The lowest BCUT2D eigenvalue weighted by atomic mass is 10.1. The fourth-order valence-electron chi connectivity index (χ4n) is 3.40. The molecule has 3 heterocycles. The highest BCUT2D eigenvalue weighted by Crippen LogP contribution is 2.44. The lowest BCUT2D eigenvalue weighted by molar-refractivity contribution is 0.0949. The van der Waals surface area contributed by atoms with Gasteiger partial charge >= 0.3 is 0 Å². The summed E-state index contributed by atoms with van der Waals surface area (Å²) in [6.45, 7) is 0.411. The number of nitrogens with one attached hydrogen (secondary N) is 1. The number of fused-ring (bicyclic) bond motifs is 2. The summed E-state index contributed by atoms with van der Waals surface area (Å²) in [6, 6.07) is 13.1. The monoisotopic (exact) mass is 402 g/mol. The average molecular weight is 402 g/mol. The van der Waals surface area contributed by atoms with Gasteiger partial charge in [0.25, 0.3) is 11.8 Å². The maximum absolute atomic E-state index is 13.1. The molecule has 29 heavy (non-hydrogen) atoms. The van der Waals surface area contributed by atoms with Crippen molar-refractivity contribution >= 4 is 29.3 Å². The summed E-state index contributed by atoms with van der Waals surface area (Å²) in [4.78, 5) is 37.0. The number of amides is 2. The van der Waals surface area contributed by atoms with Crippen LogP contribution in [0.3, 0.4) is 0 Å². The number of hydrogen-bond donors (Lipinski definition) is 1. The van der Waals surface area contributed by atoms with Crippen molar-refractivity contribution in [2.75, 3.05) is 4.90 Å². The van der Waals surface area contributed by atoms with E-state index >= 15 is 0 Å².